The van der Waals surface area contributed by atoms with Crippen molar-refractivity contribution in [3.05, 3.63) is 52.5 Å². The van der Waals surface area contributed by atoms with Gasteiger partial charge in [0, 0.05) is 34.4 Å². The third kappa shape index (κ3) is 4.60. The zero-order valence-corrected chi connectivity index (χ0v) is 18.5. The standard InChI is InChI=1S/C20H22ClN3O4S2/c21-13-1-4-19-15(11-13)17(5-10-29-19)23-20(25)16-12-14(30(22,26)27)2-3-18(16)24-6-8-28-9-7-24/h1-4,11-12,17H,5-10H2,(H,23,25)(H2,22,26,27)/t17-/m0/s1. The number of rotatable bonds is 4. The number of nitrogens with two attached hydrogens (primary N) is 1. The number of hydrogen-bond donors (Lipinski definition) is 2. The molecule has 0 radical (unpaired) electrons. The second kappa shape index (κ2) is 8.76. The fourth-order valence-corrected chi connectivity index (χ4v) is 5.53. The van der Waals surface area contributed by atoms with Gasteiger partial charge in [-0.05, 0) is 48.4 Å². The first-order valence-corrected chi connectivity index (χ1v) is 12.5. The highest BCUT2D eigenvalue weighted by Gasteiger charge is 2.26. The van der Waals surface area contributed by atoms with Crippen molar-refractivity contribution in [1.82, 2.24) is 5.32 Å². The molecule has 0 bridgehead atoms. The van der Waals surface area contributed by atoms with Crippen LogP contribution in [0.4, 0.5) is 5.69 Å². The maximum absolute atomic E-state index is 13.3. The average molecular weight is 468 g/mol. The Morgan fingerprint density at radius 1 is 1.20 bits per heavy atom. The Kier molecular flexibility index (Phi) is 6.26. The van der Waals surface area contributed by atoms with Crippen LogP contribution in [0.5, 0.6) is 0 Å². The number of nitrogens with one attached hydrogen (secondary N) is 1. The summed E-state index contributed by atoms with van der Waals surface area (Å²) >= 11 is 7.90. The number of hydrogen-bond acceptors (Lipinski definition) is 6. The summed E-state index contributed by atoms with van der Waals surface area (Å²) in [5, 5.41) is 8.99. The smallest absolute Gasteiger partial charge is 0.253 e. The molecule has 3 N–H and O–H groups in total. The quantitative estimate of drug-likeness (QED) is 0.716. The molecule has 1 amide bonds. The van der Waals surface area contributed by atoms with Gasteiger partial charge in [-0.25, -0.2) is 13.6 Å². The van der Waals surface area contributed by atoms with Crippen LogP contribution in [0.25, 0.3) is 0 Å². The number of halogens is 1. The van der Waals surface area contributed by atoms with E-state index in [0.29, 0.717) is 37.0 Å². The molecule has 10 heteroatoms. The summed E-state index contributed by atoms with van der Waals surface area (Å²) in [4.78, 5) is 16.3. The third-order valence-corrected chi connectivity index (χ3v) is 7.48. The van der Waals surface area contributed by atoms with Gasteiger partial charge in [-0.1, -0.05) is 11.6 Å². The molecule has 1 fully saturated rings. The first kappa shape index (κ1) is 21.5. The maximum Gasteiger partial charge on any atom is 0.253 e. The molecule has 0 aromatic heterocycles. The lowest BCUT2D eigenvalue weighted by Gasteiger charge is -2.31. The molecule has 1 atom stereocenters. The fraction of sp³-hybridized carbons (Fsp3) is 0.350. The number of benzene rings is 2. The van der Waals surface area contributed by atoms with Crippen LogP contribution in [0, 0.1) is 0 Å². The first-order chi connectivity index (χ1) is 14.3. The molecule has 0 saturated carbocycles. The van der Waals surface area contributed by atoms with Crippen molar-refractivity contribution in [2.75, 3.05) is 37.0 Å². The molecule has 2 aliphatic heterocycles. The molecule has 2 heterocycles. The van der Waals surface area contributed by atoms with Gasteiger partial charge >= 0.3 is 0 Å². The number of thioether (sulfide) groups is 1. The van der Waals surface area contributed by atoms with Gasteiger partial charge in [0.25, 0.3) is 5.91 Å². The van der Waals surface area contributed by atoms with Crippen LogP contribution in [0.2, 0.25) is 5.02 Å². The monoisotopic (exact) mass is 467 g/mol. The van der Waals surface area contributed by atoms with E-state index in [-0.39, 0.29) is 22.4 Å². The van der Waals surface area contributed by atoms with E-state index in [0.717, 1.165) is 22.6 Å². The number of ether oxygens (including phenoxy) is 1. The lowest BCUT2D eigenvalue weighted by Crippen LogP contribution is -2.38. The van der Waals surface area contributed by atoms with Crippen LogP contribution >= 0.6 is 23.4 Å². The molecule has 0 unspecified atom stereocenters. The Balaban J connectivity index is 1.68. The molecule has 2 aliphatic rings. The Hall–Kier alpha value is -1.78. The van der Waals surface area contributed by atoms with Gasteiger partial charge in [-0.15, -0.1) is 11.8 Å². The molecule has 160 valence electrons. The molecular weight excluding hydrogens is 446 g/mol. The minimum absolute atomic E-state index is 0.0905. The number of fused-ring (bicyclic) bond motifs is 1. The van der Waals surface area contributed by atoms with E-state index in [4.69, 9.17) is 21.5 Å². The Bertz CT molecular complexity index is 1070. The summed E-state index contributed by atoms with van der Waals surface area (Å²) in [6.45, 7) is 2.33. The van der Waals surface area contributed by atoms with E-state index in [1.165, 1.54) is 12.1 Å². The minimum Gasteiger partial charge on any atom is -0.378 e. The van der Waals surface area contributed by atoms with E-state index >= 15 is 0 Å². The number of morpholine rings is 1. The van der Waals surface area contributed by atoms with Gasteiger partial charge in [-0.2, -0.15) is 0 Å². The molecule has 30 heavy (non-hydrogen) atoms. The minimum atomic E-state index is -3.94. The van der Waals surface area contributed by atoms with E-state index in [1.807, 2.05) is 23.1 Å². The summed E-state index contributed by atoms with van der Waals surface area (Å²) in [5.74, 6) is 0.525. The second-order valence-electron chi connectivity index (χ2n) is 7.17. The van der Waals surface area contributed by atoms with Crippen molar-refractivity contribution >= 4 is 45.0 Å². The summed E-state index contributed by atoms with van der Waals surface area (Å²) in [6.07, 6.45) is 0.755. The van der Waals surface area contributed by atoms with E-state index in [2.05, 4.69) is 5.32 Å². The molecule has 0 spiro atoms. The van der Waals surface area contributed by atoms with Gasteiger partial charge in [0.15, 0.2) is 0 Å². The van der Waals surface area contributed by atoms with Crippen molar-refractivity contribution in [3.8, 4) is 0 Å². The lowest BCUT2D eigenvalue weighted by atomic mass is 10.0. The van der Waals surface area contributed by atoms with Crippen molar-refractivity contribution in [3.63, 3.8) is 0 Å². The van der Waals surface area contributed by atoms with Gasteiger partial charge in [-0.3, -0.25) is 4.79 Å². The third-order valence-electron chi connectivity index (χ3n) is 5.21. The predicted octanol–water partition coefficient (Wildman–Crippen LogP) is 2.79. The highest BCUT2D eigenvalue weighted by molar-refractivity contribution is 7.99. The summed E-state index contributed by atoms with van der Waals surface area (Å²) in [6, 6.07) is 9.89. The van der Waals surface area contributed by atoms with Gasteiger partial charge in [0.2, 0.25) is 10.0 Å². The zero-order chi connectivity index (χ0) is 21.3. The number of primary sulfonamides is 1. The van der Waals surface area contributed by atoms with Crippen molar-refractivity contribution in [2.45, 2.75) is 22.3 Å². The fourth-order valence-electron chi connectivity index (χ4n) is 3.71. The van der Waals surface area contributed by atoms with Gasteiger partial charge in [0.1, 0.15) is 0 Å². The number of carbonyl (C=O) groups is 1. The van der Waals surface area contributed by atoms with E-state index < -0.39 is 10.0 Å². The Labute approximate surface area is 185 Å². The lowest BCUT2D eigenvalue weighted by molar-refractivity contribution is 0.0933. The normalized spacial score (nSPS) is 19.3. The Morgan fingerprint density at radius 3 is 2.70 bits per heavy atom. The van der Waals surface area contributed by atoms with E-state index in [1.54, 1.807) is 17.8 Å². The molecular formula is C20H22ClN3O4S2. The maximum atomic E-state index is 13.3. The zero-order valence-electron chi connectivity index (χ0n) is 16.1. The number of nitrogens with zero attached hydrogens (tertiary/aromatic N) is 1. The number of amides is 1. The topological polar surface area (TPSA) is 102 Å². The summed E-state index contributed by atoms with van der Waals surface area (Å²) in [5.41, 5.74) is 1.92. The average Bonchev–Trinajstić information content (AvgIpc) is 2.73. The summed E-state index contributed by atoms with van der Waals surface area (Å²) in [7, 11) is -3.94. The van der Waals surface area contributed by atoms with Crippen LogP contribution in [0.15, 0.2) is 46.2 Å². The predicted molar refractivity (Wildman–Crippen MR) is 118 cm³/mol. The van der Waals surface area contributed by atoms with Crippen molar-refractivity contribution in [2.24, 2.45) is 5.14 Å². The number of carbonyl (C=O) groups excluding carboxylic acids is 1. The molecule has 1 saturated heterocycles. The first-order valence-electron chi connectivity index (χ1n) is 9.55. The largest absolute Gasteiger partial charge is 0.378 e. The molecule has 2 aromatic carbocycles. The molecule has 2 aromatic rings. The molecule has 0 aliphatic carbocycles. The van der Waals surface area contributed by atoms with Crippen LogP contribution in [0.3, 0.4) is 0 Å². The van der Waals surface area contributed by atoms with Crippen molar-refractivity contribution in [1.29, 1.82) is 0 Å². The van der Waals surface area contributed by atoms with Crippen LogP contribution < -0.4 is 15.4 Å². The van der Waals surface area contributed by atoms with Gasteiger partial charge < -0.3 is 15.0 Å². The molecule has 4 rings (SSSR count). The highest BCUT2D eigenvalue weighted by Crippen LogP contribution is 2.38. The van der Waals surface area contributed by atoms with Crippen LogP contribution in [0.1, 0.15) is 28.4 Å². The van der Waals surface area contributed by atoms with Crippen molar-refractivity contribution < 1.29 is 17.9 Å². The van der Waals surface area contributed by atoms with E-state index in [9.17, 15) is 13.2 Å². The number of sulfonamides is 1. The van der Waals surface area contributed by atoms with Crippen LogP contribution in [-0.4, -0.2) is 46.4 Å². The Morgan fingerprint density at radius 2 is 1.97 bits per heavy atom. The summed E-state index contributed by atoms with van der Waals surface area (Å²) < 4.78 is 29.2. The number of anilines is 1. The van der Waals surface area contributed by atoms with Gasteiger partial charge in [0.05, 0.1) is 29.7 Å². The molecule has 7 nitrogen and oxygen atoms in total. The van der Waals surface area contributed by atoms with Crippen LogP contribution in [-0.2, 0) is 14.8 Å². The highest BCUT2D eigenvalue weighted by atomic mass is 35.5. The SMILES string of the molecule is NS(=O)(=O)c1ccc(N2CCOCC2)c(C(=O)N[C@H]2CCSc3ccc(Cl)cc32)c1. The second-order valence-corrected chi connectivity index (χ2v) is 10.3.